The van der Waals surface area contributed by atoms with E-state index in [2.05, 4.69) is 22.5 Å². The van der Waals surface area contributed by atoms with Gasteiger partial charge in [-0.2, -0.15) is 0 Å². The van der Waals surface area contributed by atoms with Crippen LogP contribution < -0.4 is 10.6 Å². The van der Waals surface area contributed by atoms with Gasteiger partial charge in [0.1, 0.15) is 5.76 Å². The molecule has 6 nitrogen and oxygen atoms in total. The van der Waals surface area contributed by atoms with Gasteiger partial charge in [-0.05, 0) is 51.9 Å². The van der Waals surface area contributed by atoms with E-state index in [9.17, 15) is 0 Å². The number of methoxy groups -OCH3 is 1. The molecule has 6 heteroatoms. The number of rotatable bonds is 9. The number of furan rings is 1. The number of hydrogen-bond donors (Lipinski definition) is 2. The number of hydrogen-bond acceptors (Lipinski definition) is 4. The maximum atomic E-state index is 5.48. The van der Waals surface area contributed by atoms with Gasteiger partial charge in [0.25, 0.3) is 0 Å². The third-order valence-corrected chi connectivity index (χ3v) is 4.82. The predicted octanol–water partition coefficient (Wildman–Crippen LogP) is 2.27. The Morgan fingerprint density at radius 2 is 2.28 bits per heavy atom. The molecule has 1 unspecified atom stereocenters. The molecule has 1 aromatic heterocycles. The molecule has 0 amide bonds. The predicted molar refractivity (Wildman–Crippen MR) is 102 cm³/mol. The summed E-state index contributed by atoms with van der Waals surface area (Å²) in [5, 5.41) is 6.93. The largest absolute Gasteiger partial charge is 0.469 e. The van der Waals surface area contributed by atoms with E-state index in [0.717, 1.165) is 37.8 Å². The van der Waals surface area contributed by atoms with Gasteiger partial charge in [-0.15, -0.1) is 0 Å². The van der Waals surface area contributed by atoms with Gasteiger partial charge >= 0.3 is 0 Å². The Balaban J connectivity index is 1.87. The Morgan fingerprint density at radius 3 is 2.96 bits per heavy atom. The Hall–Kier alpha value is -1.53. The molecule has 1 saturated heterocycles. The van der Waals surface area contributed by atoms with Crippen molar-refractivity contribution >= 4 is 5.96 Å². The van der Waals surface area contributed by atoms with E-state index in [1.165, 1.54) is 19.4 Å². The number of ether oxygens (including phenoxy) is 1. The molecule has 1 aliphatic heterocycles. The first kappa shape index (κ1) is 19.8. The van der Waals surface area contributed by atoms with Gasteiger partial charge in [0, 0.05) is 32.7 Å². The van der Waals surface area contributed by atoms with E-state index >= 15 is 0 Å². The van der Waals surface area contributed by atoms with Gasteiger partial charge in [0.15, 0.2) is 5.96 Å². The second-order valence-corrected chi connectivity index (χ2v) is 7.19. The molecular formula is C19H34N4O2. The molecule has 0 aliphatic carbocycles. The Labute approximate surface area is 152 Å². The van der Waals surface area contributed by atoms with Gasteiger partial charge in [0.2, 0.25) is 0 Å². The maximum Gasteiger partial charge on any atom is 0.191 e. The van der Waals surface area contributed by atoms with Crippen molar-refractivity contribution in [3.05, 3.63) is 24.2 Å². The van der Waals surface area contributed by atoms with Gasteiger partial charge < -0.3 is 19.8 Å². The highest BCUT2D eigenvalue weighted by Gasteiger charge is 2.23. The molecule has 1 aliphatic rings. The number of likely N-dealkylation sites (tertiary alicyclic amines) is 1. The molecule has 0 bridgehead atoms. The van der Waals surface area contributed by atoms with Gasteiger partial charge in [-0.25, -0.2) is 0 Å². The molecular weight excluding hydrogens is 316 g/mol. The van der Waals surface area contributed by atoms with Gasteiger partial charge in [-0.3, -0.25) is 9.89 Å². The van der Waals surface area contributed by atoms with Crippen LogP contribution in [-0.4, -0.2) is 62.3 Å². The van der Waals surface area contributed by atoms with Gasteiger partial charge in [0.05, 0.1) is 18.4 Å². The summed E-state index contributed by atoms with van der Waals surface area (Å²) in [5.74, 6) is 1.83. The van der Waals surface area contributed by atoms with Crippen LogP contribution in [0.25, 0.3) is 0 Å². The molecule has 0 aromatic carbocycles. The van der Waals surface area contributed by atoms with E-state index in [4.69, 9.17) is 14.1 Å². The van der Waals surface area contributed by atoms with E-state index in [0.29, 0.717) is 12.6 Å². The molecule has 2 rings (SSSR count). The smallest absolute Gasteiger partial charge is 0.191 e. The molecule has 0 radical (unpaired) electrons. The van der Waals surface area contributed by atoms with E-state index < -0.39 is 0 Å². The maximum absolute atomic E-state index is 5.48. The number of guanidine groups is 1. The van der Waals surface area contributed by atoms with Crippen molar-refractivity contribution in [3.8, 4) is 0 Å². The summed E-state index contributed by atoms with van der Waals surface area (Å²) in [4.78, 5) is 7.25. The SMILES string of the molecule is CCN1CCCC1CNC(=NCC(C)(C)OC)NCCc1ccco1. The minimum Gasteiger partial charge on any atom is -0.469 e. The Morgan fingerprint density at radius 1 is 1.44 bits per heavy atom. The highest BCUT2D eigenvalue weighted by Crippen LogP contribution is 2.15. The number of aliphatic imine (C=N–C) groups is 1. The van der Waals surface area contributed by atoms with E-state index in [-0.39, 0.29) is 5.60 Å². The monoisotopic (exact) mass is 350 g/mol. The Bertz CT molecular complexity index is 514. The molecule has 1 aromatic rings. The molecule has 0 saturated carbocycles. The van der Waals surface area contributed by atoms with Crippen molar-refractivity contribution in [3.63, 3.8) is 0 Å². The highest BCUT2D eigenvalue weighted by atomic mass is 16.5. The number of likely N-dealkylation sites (N-methyl/N-ethyl adjacent to an activating group) is 1. The molecule has 0 spiro atoms. The lowest BCUT2D eigenvalue weighted by molar-refractivity contribution is 0.0310. The standard InChI is InChI=1S/C19H34N4O2/c1-5-23-12-6-8-16(23)14-21-18(22-15-19(2,3)24-4)20-11-10-17-9-7-13-25-17/h7,9,13,16H,5-6,8,10-12,14-15H2,1-4H3,(H2,20,21,22). The average molecular weight is 351 g/mol. The fraction of sp³-hybridized carbons (Fsp3) is 0.737. The van der Waals surface area contributed by atoms with Crippen LogP contribution in [0, 0.1) is 0 Å². The summed E-state index contributed by atoms with van der Waals surface area (Å²) < 4.78 is 10.9. The van der Waals surface area contributed by atoms with Crippen LogP contribution in [0.5, 0.6) is 0 Å². The lowest BCUT2D eigenvalue weighted by atomic mass is 10.1. The molecule has 1 fully saturated rings. The first-order chi connectivity index (χ1) is 12.0. The van der Waals surface area contributed by atoms with Crippen molar-refractivity contribution in [1.29, 1.82) is 0 Å². The minimum absolute atomic E-state index is 0.265. The average Bonchev–Trinajstić information content (AvgIpc) is 3.28. The van der Waals surface area contributed by atoms with Crippen LogP contribution >= 0.6 is 0 Å². The quantitative estimate of drug-likeness (QED) is 0.528. The van der Waals surface area contributed by atoms with Crippen molar-refractivity contribution < 1.29 is 9.15 Å². The topological polar surface area (TPSA) is 62.0 Å². The molecule has 25 heavy (non-hydrogen) atoms. The fourth-order valence-corrected chi connectivity index (χ4v) is 3.02. The number of nitrogens with one attached hydrogen (secondary N) is 2. The van der Waals surface area contributed by atoms with Crippen molar-refractivity contribution in [2.45, 2.75) is 51.7 Å². The van der Waals surface area contributed by atoms with Crippen LogP contribution in [0.4, 0.5) is 0 Å². The molecule has 142 valence electrons. The number of nitrogens with zero attached hydrogens (tertiary/aromatic N) is 2. The van der Waals surface area contributed by atoms with Crippen molar-refractivity contribution in [2.24, 2.45) is 4.99 Å². The third kappa shape index (κ3) is 6.71. The summed E-state index contributed by atoms with van der Waals surface area (Å²) in [6.07, 6.45) is 5.09. The zero-order valence-corrected chi connectivity index (χ0v) is 16.2. The first-order valence-corrected chi connectivity index (χ1v) is 9.38. The summed E-state index contributed by atoms with van der Waals surface area (Å²) >= 11 is 0. The summed E-state index contributed by atoms with van der Waals surface area (Å²) in [6, 6.07) is 4.51. The molecule has 1 atom stereocenters. The third-order valence-electron chi connectivity index (χ3n) is 4.82. The van der Waals surface area contributed by atoms with Crippen LogP contribution in [0.3, 0.4) is 0 Å². The normalized spacial score (nSPS) is 19.4. The van der Waals surface area contributed by atoms with Crippen molar-refractivity contribution in [2.75, 3.05) is 39.8 Å². The first-order valence-electron chi connectivity index (χ1n) is 9.38. The van der Waals surface area contributed by atoms with E-state index in [1.807, 2.05) is 26.0 Å². The lowest BCUT2D eigenvalue weighted by Crippen LogP contribution is -2.46. The van der Waals surface area contributed by atoms with Gasteiger partial charge in [-0.1, -0.05) is 6.92 Å². The summed E-state index contributed by atoms with van der Waals surface area (Å²) in [7, 11) is 1.73. The van der Waals surface area contributed by atoms with Crippen molar-refractivity contribution in [1.82, 2.24) is 15.5 Å². The summed E-state index contributed by atoms with van der Waals surface area (Å²) in [6.45, 7) is 11.0. The Kier molecular flexibility index (Phi) is 7.78. The zero-order chi connectivity index (χ0) is 18.1. The van der Waals surface area contributed by atoms with Crippen LogP contribution in [0.1, 0.15) is 39.4 Å². The van der Waals surface area contributed by atoms with Crippen LogP contribution in [0.15, 0.2) is 27.8 Å². The zero-order valence-electron chi connectivity index (χ0n) is 16.2. The molecule has 2 heterocycles. The van der Waals surface area contributed by atoms with E-state index in [1.54, 1.807) is 13.4 Å². The summed E-state index contributed by atoms with van der Waals surface area (Å²) in [5.41, 5.74) is -0.265. The molecule has 2 N–H and O–H groups in total. The fourth-order valence-electron chi connectivity index (χ4n) is 3.02. The second-order valence-electron chi connectivity index (χ2n) is 7.19. The minimum atomic E-state index is -0.265. The highest BCUT2D eigenvalue weighted by molar-refractivity contribution is 5.79. The lowest BCUT2D eigenvalue weighted by Gasteiger charge is -2.25. The second kappa shape index (κ2) is 9.82. The van der Waals surface area contributed by atoms with Crippen LogP contribution in [-0.2, 0) is 11.2 Å². The van der Waals surface area contributed by atoms with Crippen LogP contribution in [0.2, 0.25) is 0 Å².